The van der Waals surface area contributed by atoms with Crippen LogP contribution in [0.4, 0.5) is 0 Å². The molecule has 0 radical (unpaired) electrons. The number of aromatic nitrogens is 1. The molecule has 0 bridgehead atoms. The van der Waals surface area contributed by atoms with E-state index in [1.165, 1.54) is 0 Å². The summed E-state index contributed by atoms with van der Waals surface area (Å²) in [6.45, 7) is 0.552. The van der Waals surface area contributed by atoms with Crippen molar-refractivity contribution in [1.82, 2.24) is 15.6 Å². The second kappa shape index (κ2) is 9.32. The van der Waals surface area contributed by atoms with E-state index in [9.17, 15) is 19.2 Å². The quantitative estimate of drug-likeness (QED) is 0.406. The molecule has 1 saturated heterocycles. The molecule has 9 heteroatoms. The topological polar surface area (TPSA) is 134 Å². The molecule has 1 aliphatic heterocycles. The standard InChI is InChI=1S/C23H27ClN4O4/c24-16-3-1-2-13-9-17(27-20(13)16)19(29)11-15(8-12-4-5-12)23(32)28-18(21(25)30)10-14-6-7-26-22(14)31/h1-3,9,12,14-15,18,27H,4-8,10-11H2,(H2,25,30)(H,26,31)(H,28,32)/t14-,15+,18-/m0/s1. The maximum Gasteiger partial charge on any atom is 0.240 e. The van der Waals surface area contributed by atoms with Gasteiger partial charge in [0.1, 0.15) is 6.04 Å². The normalized spacial score (nSPS) is 20.0. The van der Waals surface area contributed by atoms with Gasteiger partial charge in [0.25, 0.3) is 0 Å². The molecule has 2 fully saturated rings. The van der Waals surface area contributed by atoms with E-state index in [1.807, 2.05) is 12.1 Å². The fraction of sp³-hybridized carbons (Fsp3) is 0.478. The molecule has 1 aliphatic carbocycles. The smallest absolute Gasteiger partial charge is 0.240 e. The van der Waals surface area contributed by atoms with Crippen LogP contribution in [0.25, 0.3) is 10.9 Å². The predicted molar refractivity (Wildman–Crippen MR) is 120 cm³/mol. The third-order valence-electron chi connectivity index (χ3n) is 6.37. The van der Waals surface area contributed by atoms with Crippen molar-refractivity contribution in [3.8, 4) is 0 Å². The Morgan fingerprint density at radius 2 is 1.97 bits per heavy atom. The van der Waals surface area contributed by atoms with Crippen molar-refractivity contribution < 1.29 is 19.2 Å². The van der Waals surface area contributed by atoms with Crippen LogP contribution in [-0.4, -0.2) is 41.1 Å². The van der Waals surface area contributed by atoms with Crippen LogP contribution < -0.4 is 16.4 Å². The van der Waals surface area contributed by atoms with Crippen LogP contribution in [0.1, 0.15) is 49.0 Å². The van der Waals surface area contributed by atoms with Crippen molar-refractivity contribution in [3.05, 3.63) is 35.0 Å². The number of halogens is 1. The zero-order valence-electron chi connectivity index (χ0n) is 17.7. The first kappa shape index (κ1) is 22.3. The van der Waals surface area contributed by atoms with Crippen LogP contribution in [0.15, 0.2) is 24.3 Å². The molecule has 1 saturated carbocycles. The van der Waals surface area contributed by atoms with Crippen LogP contribution in [0.5, 0.6) is 0 Å². The first-order valence-corrected chi connectivity index (χ1v) is 11.4. The Labute approximate surface area is 190 Å². The van der Waals surface area contributed by atoms with Crippen molar-refractivity contribution >= 4 is 46.0 Å². The summed E-state index contributed by atoms with van der Waals surface area (Å²) >= 11 is 6.20. The lowest BCUT2D eigenvalue weighted by Crippen LogP contribution is -2.48. The van der Waals surface area contributed by atoms with E-state index in [4.69, 9.17) is 17.3 Å². The van der Waals surface area contributed by atoms with Crippen molar-refractivity contribution in [2.75, 3.05) is 6.54 Å². The molecule has 3 atom stereocenters. The number of carbonyl (C=O) groups is 4. The minimum atomic E-state index is -0.944. The fourth-order valence-electron chi connectivity index (χ4n) is 4.33. The molecular formula is C23H27ClN4O4. The van der Waals surface area contributed by atoms with Gasteiger partial charge in [-0.25, -0.2) is 0 Å². The average molecular weight is 459 g/mol. The molecule has 0 unspecified atom stereocenters. The van der Waals surface area contributed by atoms with Gasteiger partial charge >= 0.3 is 0 Å². The Hall–Kier alpha value is -2.87. The van der Waals surface area contributed by atoms with E-state index in [-0.39, 0.29) is 36.4 Å². The summed E-state index contributed by atoms with van der Waals surface area (Å²) in [5.74, 6) is -1.90. The number of aromatic amines is 1. The molecule has 3 amide bonds. The average Bonchev–Trinajstić information content (AvgIpc) is 3.30. The Bertz CT molecular complexity index is 1060. The van der Waals surface area contributed by atoms with E-state index < -0.39 is 17.9 Å². The predicted octanol–water partition coefficient (Wildman–Crippen LogP) is 2.31. The van der Waals surface area contributed by atoms with Gasteiger partial charge in [0, 0.05) is 30.2 Å². The maximum absolute atomic E-state index is 13.1. The Balaban J connectivity index is 1.45. The zero-order chi connectivity index (χ0) is 22.8. The van der Waals surface area contributed by atoms with Gasteiger partial charge in [-0.05, 0) is 37.3 Å². The van der Waals surface area contributed by atoms with E-state index in [2.05, 4.69) is 15.6 Å². The van der Waals surface area contributed by atoms with Gasteiger partial charge in [-0.2, -0.15) is 0 Å². The second-order valence-corrected chi connectivity index (χ2v) is 9.27. The van der Waals surface area contributed by atoms with Crippen molar-refractivity contribution in [2.24, 2.45) is 23.5 Å². The number of H-pyrrole nitrogens is 1. The highest BCUT2D eigenvalue weighted by molar-refractivity contribution is 6.35. The number of nitrogens with two attached hydrogens (primary N) is 1. The van der Waals surface area contributed by atoms with Gasteiger partial charge in [0.15, 0.2) is 5.78 Å². The number of carbonyl (C=O) groups excluding carboxylic acids is 4. The minimum Gasteiger partial charge on any atom is -0.368 e. The lowest BCUT2D eigenvalue weighted by atomic mass is 9.92. The van der Waals surface area contributed by atoms with E-state index >= 15 is 0 Å². The number of primary amides is 1. The van der Waals surface area contributed by atoms with Gasteiger partial charge in [-0.3, -0.25) is 19.2 Å². The number of nitrogens with one attached hydrogen (secondary N) is 3. The summed E-state index contributed by atoms with van der Waals surface area (Å²) in [4.78, 5) is 52.9. The number of fused-ring (bicyclic) bond motifs is 1. The zero-order valence-corrected chi connectivity index (χ0v) is 18.4. The second-order valence-electron chi connectivity index (χ2n) is 8.87. The summed E-state index contributed by atoms with van der Waals surface area (Å²) in [7, 11) is 0. The molecule has 1 aromatic carbocycles. The summed E-state index contributed by atoms with van der Waals surface area (Å²) < 4.78 is 0. The molecule has 0 spiro atoms. The number of ketones is 1. The number of benzene rings is 1. The van der Waals surface area contributed by atoms with E-state index in [0.29, 0.717) is 41.5 Å². The fourth-order valence-corrected chi connectivity index (χ4v) is 4.56. The Morgan fingerprint density at radius 3 is 2.59 bits per heavy atom. The first-order valence-electron chi connectivity index (χ1n) is 11.0. The van der Waals surface area contributed by atoms with Crippen LogP contribution in [0, 0.1) is 17.8 Å². The Kier molecular flexibility index (Phi) is 6.50. The number of para-hydroxylation sites is 1. The van der Waals surface area contributed by atoms with Gasteiger partial charge in [-0.15, -0.1) is 0 Å². The minimum absolute atomic E-state index is 0.0160. The number of hydrogen-bond donors (Lipinski definition) is 4. The Morgan fingerprint density at radius 1 is 1.19 bits per heavy atom. The third-order valence-corrected chi connectivity index (χ3v) is 6.68. The number of rotatable bonds is 10. The van der Waals surface area contributed by atoms with Crippen LogP contribution in [-0.2, 0) is 14.4 Å². The van der Waals surface area contributed by atoms with Crippen molar-refractivity contribution in [2.45, 2.75) is 44.6 Å². The number of amides is 3. The number of Topliss-reactive ketones (excluding diaryl/α,β-unsaturated/α-hetero) is 1. The molecule has 5 N–H and O–H groups in total. The largest absolute Gasteiger partial charge is 0.368 e. The summed E-state index contributed by atoms with van der Waals surface area (Å²) in [5.41, 5.74) is 6.59. The molecule has 4 rings (SSSR count). The molecule has 8 nitrogen and oxygen atoms in total. The van der Waals surface area contributed by atoms with Crippen LogP contribution >= 0.6 is 11.6 Å². The molecule has 2 aromatic rings. The van der Waals surface area contributed by atoms with E-state index in [1.54, 1.807) is 12.1 Å². The summed E-state index contributed by atoms with van der Waals surface area (Å²) in [5, 5.41) is 6.78. The molecule has 2 heterocycles. The summed E-state index contributed by atoms with van der Waals surface area (Å²) in [6.07, 6.45) is 3.42. The van der Waals surface area contributed by atoms with Crippen LogP contribution in [0.2, 0.25) is 5.02 Å². The number of hydrogen-bond acceptors (Lipinski definition) is 4. The molecule has 1 aromatic heterocycles. The van der Waals surface area contributed by atoms with Gasteiger partial charge in [0.05, 0.1) is 16.2 Å². The van der Waals surface area contributed by atoms with Crippen molar-refractivity contribution in [3.63, 3.8) is 0 Å². The third kappa shape index (κ3) is 5.12. The highest BCUT2D eigenvalue weighted by Crippen LogP contribution is 2.37. The molecule has 32 heavy (non-hydrogen) atoms. The highest BCUT2D eigenvalue weighted by Gasteiger charge is 2.35. The molecule has 2 aliphatic rings. The lowest BCUT2D eigenvalue weighted by Gasteiger charge is -2.22. The van der Waals surface area contributed by atoms with Crippen molar-refractivity contribution in [1.29, 1.82) is 0 Å². The van der Waals surface area contributed by atoms with Gasteiger partial charge < -0.3 is 21.4 Å². The monoisotopic (exact) mass is 458 g/mol. The van der Waals surface area contributed by atoms with Gasteiger partial charge in [-0.1, -0.05) is 36.6 Å². The first-order chi connectivity index (χ1) is 15.3. The SMILES string of the molecule is NC(=O)[C@H](C[C@@H]1CCNC1=O)NC(=O)[C@@H](CC(=O)c1cc2cccc(Cl)c2[nH]1)CC1CC1. The summed E-state index contributed by atoms with van der Waals surface area (Å²) in [6, 6.07) is 6.21. The van der Waals surface area contributed by atoms with E-state index in [0.717, 1.165) is 18.2 Å². The lowest BCUT2D eigenvalue weighted by molar-refractivity contribution is -0.131. The highest BCUT2D eigenvalue weighted by atomic mass is 35.5. The molecular weight excluding hydrogens is 432 g/mol. The van der Waals surface area contributed by atoms with Gasteiger partial charge in [0.2, 0.25) is 17.7 Å². The maximum atomic E-state index is 13.1. The van der Waals surface area contributed by atoms with Crippen LogP contribution in [0.3, 0.4) is 0 Å². The molecule has 170 valence electrons.